The molecule has 10 heteroatoms. The Balaban J connectivity index is 1.92. The molecule has 7 nitrogen and oxygen atoms in total. The number of rotatable bonds is 8. The lowest BCUT2D eigenvalue weighted by Gasteiger charge is -2.15. The molecule has 0 radical (unpaired) electrons. The molecular formula is C21H22O7S3. The van der Waals surface area contributed by atoms with Crippen LogP contribution in [0.25, 0.3) is 6.08 Å². The second kappa shape index (κ2) is 10.3. The highest BCUT2D eigenvalue weighted by molar-refractivity contribution is 8.19. The van der Waals surface area contributed by atoms with Gasteiger partial charge in [-0.15, -0.1) is 23.5 Å². The summed E-state index contributed by atoms with van der Waals surface area (Å²) in [6, 6.07) is 9.90. The second-order valence-electron chi connectivity index (χ2n) is 6.29. The highest BCUT2D eigenvalue weighted by atomic mass is 32.2. The summed E-state index contributed by atoms with van der Waals surface area (Å²) in [5.41, 5.74) is 1.52. The Morgan fingerprint density at radius 2 is 1.71 bits per heavy atom. The highest BCUT2D eigenvalue weighted by Crippen LogP contribution is 2.45. The van der Waals surface area contributed by atoms with Crippen molar-refractivity contribution in [3.8, 4) is 17.2 Å². The average Bonchev–Trinajstić information content (AvgIpc) is 3.31. The maximum atomic E-state index is 13.1. The number of hydrogen-bond acceptors (Lipinski definition) is 9. The summed E-state index contributed by atoms with van der Waals surface area (Å²) in [6.45, 7) is 0. The Morgan fingerprint density at radius 1 is 1.03 bits per heavy atom. The Bertz CT molecular complexity index is 1060. The number of esters is 1. The summed E-state index contributed by atoms with van der Waals surface area (Å²) >= 11 is 3.73. The molecule has 0 unspecified atom stereocenters. The number of methoxy groups -OCH3 is 3. The molecule has 0 atom stereocenters. The zero-order valence-corrected chi connectivity index (χ0v) is 19.6. The van der Waals surface area contributed by atoms with E-state index in [2.05, 4.69) is 4.74 Å². The number of ether oxygens (including phenoxy) is 3. The van der Waals surface area contributed by atoms with E-state index in [-0.39, 0.29) is 22.1 Å². The fourth-order valence-electron chi connectivity index (χ4n) is 2.87. The fourth-order valence-corrected chi connectivity index (χ4v) is 6.87. The van der Waals surface area contributed by atoms with E-state index in [9.17, 15) is 13.2 Å². The van der Waals surface area contributed by atoms with Gasteiger partial charge >= 0.3 is 16.1 Å². The topological polar surface area (TPSA) is 88.1 Å². The molecular weight excluding hydrogens is 460 g/mol. The molecule has 1 aliphatic rings. The van der Waals surface area contributed by atoms with Gasteiger partial charge in [0.25, 0.3) is 0 Å². The third kappa shape index (κ3) is 5.69. The quantitative estimate of drug-likeness (QED) is 0.313. The first-order chi connectivity index (χ1) is 14.9. The molecule has 0 aromatic heterocycles. The average molecular weight is 483 g/mol. The maximum Gasteiger partial charge on any atom is 0.343 e. The molecule has 1 fully saturated rings. The number of benzene rings is 2. The monoisotopic (exact) mass is 482 g/mol. The highest BCUT2D eigenvalue weighted by Gasteiger charge is 2.26. The minimum Gasteiger partial charge on any atom is -0.493 e. The van der Waals surface area contributed by atoms with Crippen molar-refractivity contribution >= 4 is 45.7 Å². The molecule has 0 aliphatic carbocycles. The van der Waals surface area contributed by atoms with Crippen LogP contribution in [0.5, 0.6) is 17.2 Å². The van der Waals surface area contributed by atoms with Crippen LogP contribution in [-0.2, 0) is 19.6 Å². The minimum absolute atomic E-state index is 0.00749. The molecule has 2 aromatic rings. The van der Waals surface area contributed by atoms with Crippen molar-refractivity contribution in [2.24, 2.45) is 0 Å². The van der Waals surface area contributed by atoms with Gasteiger partial charge in [0.2, 0.25) is 0 Å². The molecule has 0 N–H and O–H groups in total. The van der Waals surface area contributed by atoms with E-state index in [1.54, 1.807) is 18.2 Å². The van der Waals surface area contributed by atoms with Crippen LogP contribution in [-0.4, -0.2) is 47.2 Å². The zero-order chi connectivity index (χ0) is 22.4. The number of thioether (sulfide) groups is 2. The molecule has 31 heavy (non-hydrogen) atoms. The Kier molecular flexibility index (Phi) is 7.79. The zero-order valence-electron chi connectivity index (χ0n) is 17.2. The third-order valence-corrected chi connectivity index (χ3v) is 8.69. The lowest BCUT2D eigenvalue weighted by molar-refractivity contribution is -0.134. The molecule has 2 aromatic carbocycles. The Morgan fingerprint density at radius 3 is 2.29 bits per heavy atom. The summed E-state index contributed by atoms with van der Waals surface area (Å²) < 4.78 is 46.9. The van der Waals surface area contributed by atoms with Crippen LogP contribution in [0, 0.1) is 0 Å². The van der Waals surface area contributed by atoms with Gasteiger partial charge in [0.1, 0.15) is 5.75 Å². The lowest BCUT2D eigenvalue weighted by atomic mass is 10.2. The molecule has 1 heterocycles. The van der Waals surface area contributed by atoms with E-state index in [0.717, 1.165) is 17.1 Å². The van der Waals surface area contributed by atoms with Gasteiger partial charge < -0.3 is 18.4 Å². The number of hydrogen-bond donors (Lipinski definition) is 0. The maximum absolute atomic E-state index is 13.1. The van der Waals surface area contributed by atoms with E-state index >= 15 is 0 Å². The van der Waals surface area contributed by atoms with Crippen LogP contribution in [0.15, 0.2) is 47.4 Å². The summed E-state index contributed by atoms with van der Waals surface area (Å²) in [5, 5.41) is 0. The molecule has 0 spiro atoms. The van der Waals surface area contributed by atoms with Crippen molar-refractivity contribution in [1.82, 2.24) is 0 Å². The molecule has 0 bridgehead atoms. The van der Waals surface area contributed by atoms with Crippen LogP contribution in [0.3, 0.4) is 0 Å². The Hall–Kier alpha value is -2.30. The van der Waals surface area contributed by atoms with Gasteiger partial charge in [0.15, 0.2) is 16.4 Å². The Labute approximate surface area is 190 Å². The van der Waals surface area contributed by atoms with Gasteiger partial charge in [-0.1, -0.05) is 12.1 Å². The van der Waals surface area contributed by atoms with Crippen LogP contribution < -0.4 is 13.7 Å². The summed E-state index contributed by atoms with van der Waals surface area (Å²) in [6.07, 6.45) is 2.59. The molecule has 1 aliphatic heterocycles. The van der Waals surface area contributed by atoms with Gasteiger partial charge in [0, 0.05) is 17.6 Å². The molecule has 3 rings (SSSR count). The van der Waals surface area contributed by atoms with Gasteiger partial charge in [0.05, 0.1) is 25.9 Å². The van der Waals surface area contributed by atoms with Crippen molar-refractivity contribution < 1.29 is 31.6 Å². The van der Waals surface area contributed by atoms with Gasteiger partial charge in [-0.3, -0.25) is 0 Å². The minimum atomic E-state index is -4.25. The van der Waals surface area contributed by atoms with Crippen molar-refractivity contribution in [2.45, 2.75) is 9.48 Å². The number of carbonyl (C=O) groups excluding carboxylic acids is 1. The standard InChI is InChI=1S/C21H22O7S3/c1-25-17-12-14(4-9-19(22)26-2)13-18(20(17)27-3)31(23,24)28-16-7-5-15(6-8-16)21-29-10-11-30-21/h4-9,12-13,21H,10-11H2,1-3H3/b9-4+. The second-order valence-corrected chi connectivity index (χ2v) is 10.5. The molecule has 0 saturated carbocycles. The first-order valence-electron chi connectivity index (χ1n) is 9.17. The van der Waals surface area contributed by atoms with Crippen LogP contribution in [0.4, 0.5) is 0 Å². The SMILES string of the molecule is COC(=O)/C=C/c1cc(OC)c(OC)c(S(=O)(=O)Oc2ccc(C3SCCS3)cc2)c1. The van der Waals surface area contributed by atoms with E-state index in [0.29, 0.717) is 10.1 Å². The normalized spacial score (nSPS) is 14.5. The predicted octanol–water partition coefficient (Wildman–Crippen LogP) is 4.14. The first kappa shape index (κ1) is 23.4. The van der Waals surface area contributed by atoms with E-state index in [1.165, 1.54) is 39.5 Å². The smallest absolute Gasteiger partial charge is 0.343 e. The van der Waals surface area contributed by atoms with Crippen molar-refractivity contribution in [2.75, 3.05) is 32.8 Å². The van der Waals surface area contributed by atoms with Crippen molar-refractivity contribution in [3.63, 3.8) is 0 Å². The van der Waals surface area contributed by atoms with E-state index in [1.807, 2.05) is 35.7 Å². The van der Waals surface area contributed by atoms with Gasteiger partial charge in [-0.25, -0.2) is 4.79 Å². The van der Waals surface area contributed by atoms with E-state index < -0.39 is 16.1 Å². The van der Waals surface area contributed by atoms with Crippen LogP contribution >= 0.6 is 23.5 Å². The van der Waals surface area contributed by atoms with E-state index in [4.69, 9.17) is 13.7 Å². The summed E-state index contributed by atoms with van der Waals surface area (Å²) in [7, 11) is -0.273. The number of carbonyl (C=O) groups is 1. The fraction of sp³-hybridized carbons (Fsp3) is 0.286. The van der Waals surface area contributed by atoms with Crippen molar-refractivity contribution in [1.29, 1.82) is 0 Å². The van der Waals surface area contributed by atoms with Crippen LogP contribution in [0.2, 0.25) is 0 Å². The van der Waals surface area contributed by atoms with Crippen molar-refractivity contribution in [3.05, 3.63) is 53.6 Å². The molecule has 0 amide bonds. The van der Waals surface area contributed by atoms with Crippen LogP contribution in [0.1, 0.15) is 15.7 Å². The molecule has 166 valence electrons. The van der Waals surface area contributed by atoms with Gasteiger partial charge in [-0.2, -0.15) is 8.42 Å². The summed E-state index contributed by atoms with van der Waals surface area (Å²) in [4.78, 5) is 11.2. The largest absolute Gasteiger partial charge is 0.493 e. The first-order valence-corrected chi connectivity index (χ1v) is 12.7. The van der Waals surface area contributed by atoms with Gasteiger partial charge in [-0.05, 0) is 41.5 Å². The predicted molar refractivity (Wildman–Crippen MR) is 123 cm³/mol. The third-order valence-electron chi connectivity index (χ3n) is 4.33. The lowest BCUT2D eigenvalue weighted by Crippen LogP contribution is -2.12. The summed E-state index contributed by atoms with van der Waals surface area (Å²) in [5.74, 6) is 2.01. The molecule has 1 saturated heterocycles.